The first-order valence-corrected chi connectivity index (χ1v) is 17.1. The molecule has 0 aliphatic carbocycles. The summed E-state index contributed by atoms with van der Waals surface area (Å²) in [5, 5.41) is 0.795. The molecule has 4 rings (SSSR count). The summed E-state index contributed by atoms with van der Waals surface area (Å²) in [7, 11) is 0. The van der Waals surface area contributed by atoms with Crippen LogP contribution in [-0.4, -0.2) is 11.8 Å². The van der Waals surface area contributed by atoms with Crippen molar-refractivity contribution in [2.75, 3.05) is 0 Å². The lowest BCUT2D eigenvalue weighted by molar-refractivity contribution is 0.0329. The van der Waals surface area contributed by atoms with Crippen LogP contribution in [0.2, 0.25) is 10.0 Å². The first kappa shape index (κ1) is 34.8. The lowest BCUT2D eigenvalue weighted by Gasteiger charge is -2.31. The van der Waals surface area contributed by atoms with Crippen LogP contribution >= 0.6 is 98.7 Å². The molecule has 224 valence electrons. The largest absolute Gasteiger partial charge is 0.289 e. The molecule has 0 amide bonds. The molecule has 0 aliphatic heterocycles. The van der Waals surface area contributed by atoms with Gasteiger partial charge in [0.1, 0.15) is 0 Å². The Morgan fingerprint density at radius 3 is 1.23 bits per heavy atom. The SMILES string of the molecule is C=C(Br)C(F)(F)C(c1ccc(Cl)cc1)c1cc(Br)ccc1Sc1ccc(Br)cc1C(c1ccc(Cl)cc1)C(F)(F)C(=C)Br. The van der Waals surface area contributed by atoms with Gasteiger partial charge >= 0.3 is 0 Å². The third-order valence-electron chi connectivity index (χ3n) is 6.64. The zero-order chi connectivity index (χ0) is 31.7. The van der Waals surface area contributed by atoms with Crippen molar-refractivity contribution in [3.05, 3.63) is 148 Å². The van der Waals surface area contributed by atoms with Crippen LogP contribution in [0, 0.1) is 0 Å². The Morgan fingerprint density at radius 1 is 0.605 bits per heavy atom. The third-order valence-corrected chi connectivity index (χ3v) is 10.4. The Labute approximate surface area is 295 Å². The summed E-state index contributed by atoms with van der Waals surface area (Å²) in [6, 6.07) is 22.3. The molecule has 2 atom stereocenters. The molecule has 2 unspecified atom stereocenters. The number of halogens is 10. The molecule has 4 aromatic rings. The van der Waals surface area contributed by atoms with E-state index in [-0.39, 0.29) is 11.1 Å². The third kappa shape index (κ3) is 7.84. The van der Waals surface area contributed by atoms with Crippen molar-refractivity contribution in [2.24, 2.45) is 0 Å². The van der Waals surface area contributed by atoms with E-state index in [1.54, 1.807) is 60.7 Å². The van der Waals surface area contributed by atoms with Crippen LogP contribution in [0.5, 0.6) is 0 Å². The molecule has 0 fully saturated rings. The second-order valence-corrected chi connectivity index (χ2v) is 15.2. The molecule has 0 N–H and O–H groups in total. The lowest BCUT2D eigenvalue weighted by atomic mass is 9.85. The summed E-state index contributed by atoms with van der Waals surface area (Å²) in [6.07, 6.45) is 0. The second-order valence-electron chi connectivity index (χ2n) is 9.49. The highest BCUT2D eigenvalue weighted by atomic mass is 79.9. The maximum Gasteiger partial charge on any atom is 0.289 e. The summed E-state index contributed by atoms with van der Waals surface area (Å²) in [5.41, 5.74) is 1.13. The van der Waals surface area contributed by atoms with Crippen LogP contribution in [0.15, 0.2) is 126 Å². The van der Waals surface area contributed by atoms with Gasteiger partial charge in [0.05, 0.1) is 20.8 Å². The van der Waals surface area contributed by atoms with Crippen LogP contribution in [0.1, 0.15) is 34.1 Å². The van der Waals surface area contributed by atoms with Crippen molar-refractivity contribution >= 4 is 98.7 Å². The van der Waals surface area contributed by atoms with Gasteiger partial charge in [-0.25, -0.2) is 0 Å². The van der Waals surface area contributed by atoms with E-state index in [1.807, 2.05) is 0 Å². The Morgan fingerprint density at radius 2 is 0.930 bits per heavy atom. The van der Waals surface area contributed by atoms with Gasteiger partial charge in [-0.15, -0.1) is 0 Å². The van der Waals surface area contributed by atoms with Gasteiger partial charge in [-0.1, -0.05) is 104 Å². The van der Waals surface area contributed by atoms with E-state index in [0.717, 1.165) is 11.8 Å². The molecule has 11 heteroatoms. The first-order valence-electron chi connectivity index (χ1n) is 12.4. The number of allylic oxidation sites excluding steroid dienone is 2. The van der Waals surface area contributed by atoms with Crippen LogP contribution in [0.25, 0.3) is 0 Å². The van der Waals surface area contributed by atoms with E-state index in [9.17, 15) is 0 Å². The van der Waals surface area contributed by atoms with Gasteiger partial charge < -0.3 is 0 Å². The van der Waals surface area contributed by atoms with Gasteiger partial charge in [0, 0.05) is 28.8 Å². The van der Waals surface area contributed by atoms with Crippen molar-refractivity contribution in [1.82, 2.24) is 0 Å². The summed E-state index contributed by atoms with van der Waals surface area (Å²) in [4.78, 5) is 0.881. The first-order chi connectivity index (χ1) is 20.1. The fourth-order valence-corrected chi connectivity index (χ4v) is 7.15. The molecule has 0 aliphatic rings. The van der Waals surface area contributed by atoms with Crippen LogP contribution in [0.3, 0.4) is 0 Å². The number of benzene rings is 4. The predicted octanol–water partition coefficient (Wildman–Crippen LogP) is 14.0. The van der Waals surface area contributed by atoms with Crippen molar-refractivity contribution in [2.45, 2.75) is 33.5 Å². The van der Waals surface area contributed by atoms with E-state index in [0.29, 0.717) is 39.9 Å². The van der Waals surface area contributed by atoms with E-state index >= 15 is 17.6 Å². The van der Waals surface area contributed by atoms with Crippen LogP contribution in [0.4, 0.5) is 17.6 Å². The Hall–Kier alpha value is -1.07. The molecule has 0 heterocycles. The highest BCUT2D eigenvalue weighted by Crippen LogP contribution is 2.52. The maximum atomic E-state index is 16.0. The summed E-state index contributed by atoms with van der Waals surface area (Å²) < 4.78 is 64.0. The van der Waals surface area contributed by atoms with Gasteiger partial charge in [0.25, 0.3) is 11.8 Å². The van der Waals surface area contributed by atoms with Gasteiger partial charge in [0.2, 0.25) is 0 Å². The van der Waals surface area contributed by atoms with Gasteiger partial charge in [-0.05, 0) is 115 Å². The van der Waals surface area contributed by atoms with Crippen LogP contribution < -0.4 is 0 Å². The van der Waals surface area contributed by atoms with Crippen molar-refractivity contribution < 1.29 is 17.6 Å². The second kappa shape index (κ2) is 14.1. The molecule has 4 aromatic carbocycles. The molecule has 0 bridgehead atoms. The number of rotatable bonds is 10. The highest BCUT2D eigenvalue weighted by Gasteiger charge is 2.46. The average Bonchev–Trinajstić information content (AvgIpc) is 2.93. The number of hydrogen-bond donors (Lipinski definition) is 0. The summed E-state index contributed by atoms with van der Waals surface area (Å²) in [5.74, 6) is -9.82. The molecule has 0 nitrogen and oxygen atoms in total. The average molecular weight is 903 g/mol. The molecular weight excluding hydrogens is 883 g/mol. The Balaban J connectivity index is 1.95. The smallest absolute Gasteiger partial charge is 0.200 e. The van der Waals surface area contributed by atoms with Crippen LogP contribution in [-0.2, 0) is 0 Å². The standard InChI is InChI=1S/C32H20Br4Cl2F4S/c1-17(33)31(39,40)29(19-3-9-23(37)10-4-19)25-15-21(35)7-13-27(25)43-28-14-8-22(36)16-26(28)30(32(41,42)18(2)34)20-5-11-24(38)12-6-20/h3-16,29-30H,1-2H2. The minimum atomic E-state index is -3.43. The van der Waals surface area contributed by atoms with E-state index in [1.165, 1.54) is 24.3 Å². The molecule has 0 saturated carbocycles. The molecule has 0 spiro atoms. The maximum absolute atomic E-state index is 16.0. The zero-order valence-corrected chi connectivity index (χ0v) is 30.5. The zero-order valence-electron chi connectivity index (χ0n) is 21.8. The van der Waals surface area contributed by atoms with E-state index in [4.69, 9.17) is 23.2 Å². The monoisotopic (exact) mass is 898 g/mol. The number of hydrogen-bond acceptors (Lipinski definition) is 1. The van der Waals surface area contributed by atoms with Gasteiger partial charge in [-0.2, -0.15) is 17.6 Å². The van der Waals surface area contributed by atoms with Crippen molar-refractivity contribution in [3.8, 4) is 0 Å². The van der Waals surface area contributed by atoms with Gasteiger partial charge in [0.15, 0.2) is 0 Å². The fraction of sp³-hybridized carbons (Fsp3) is 0.125. The minimum Gasteiger partial charge on any atom is -0.200 e. The quantitative estimate of drug-likeness (QED) is 0.143. The Kier molecular flexibility index (Phi) is 11.4. The van der Waals surface area contributed by atoms with E-state index < -0.39 is 32.6 Å². The lowest BCUT2D eigenvalue weighted by Crippen LogP contribution is -2.28. The molecule has 0 saturated heterocycles. The van der Waals surface area contributed by atoms with E-state index in [2.05, 4.69) is 76.9 Å². The minimum absolute atomic E-state index is 0.265. The molecule has 0 radical (unpaired) electrons. The molecular formula is C32H20Br4Cl2F4S. The molecule has 43 heavy (non-hydrogen) atoms. The predicted molar refractivity (Wildman–Crippen MR) is 185 cm³/mol. The summed E-state index contributed by atoms with van der Waals surface area (Å²) in [6.45, 7) is 6.99. The van der Waals surface area contributed by atoms with Gasteiger partial charge in [-0.3, -0.25) is 0 Å². The fourth-order valence-electron chi connectivity index (χ4n) is 4.59. The normalized spacial score (nSPS) is 13.4. The molecule has 0 aromatic heterocycles. The Bertz CT molecular complexity index is 1540. The van der Waals surface area contributed by atoms with Crippen molar-refractivity contribution in [3.63, 3.8) is 0 Å². The highest BCUT2D eigenvalue weighted by molar-refractivity contribution is 9.12. The number of alkyl halides is 4. The topological polar surface area (TPSA) is 0 Å². The summed E-state index contributed by atoms with van der Waals surface area (Å²) >= 11 is 25.9. The van der Waals surface area contributed by atoms with Crippen molar-refractivity contribution in [1.29, 1.82) is 0 Å².